The van der Waals surface area contributed by atoms with Crippen molar-refractivity contribution in [3.63, 3.8) is 0 Å². The molecule has 0 heterocycles. The summed E-state index contributed by atoms with van der Waals surface area (Å²) >= 11 is 5.11. The minimum Gasteiger partial charge on any atom is -0.389 e. The fourth-order valence-corrected chi connectivity index (χ4v) is 2.76. The van der Waals surface area contributed by atoms with Crippen LogP contribution in [0.25, 0.3) is 0 Å². The van der Waals surface area contributed by atoms with Gasteiger partial charge in [0.2, 0.25) is 0 Å². The second-order valence-corrected chi connectivity index (χ2v) is 5.75. The summed E-state index contributed by atoms with van der Waals surface area (Å²) in [6.45, 7) is 4.37. The van der Waals surface area contributed by atoms with Crippen LogP contribution in [0, 0.1) is 6.92 Å². The van der Waals surface area contributed by atoms with Gasteiger partial charge in [-0.1, -0.05) is 31.1 Å². The van der Waals surface area contributed by atoms with Gasteiger partial charge in [-0.15, -0.1) is 0 Å². The van der Waals surface area contributed by atoms with Crippen molar-refractivity contribution in [3.05, 3.63) is 29.3 Å². The Hall–Kier alpha value is -1.09. The van der Waals surface area contributed by atoms with Crippen LogP contribution in [0.15, 0.2) is 18.2 Å². The van der Waals surface area contributed by atoms with E-state index < -0.39 is 0 Å². The first-order valence-corrected chi connectivity index (χ1v) is 6.60. The fraction of sp³-hybridized carbons (Fsp3) is 0.500. The first kappa shape index (κ1) is 12.4. The van der Waals surface area contributed by atoms with E-state index in [4.69, 9.17) is 18.0 Å². The highest BCUT2D eigenvalue weighted by molar-refractivity contribution is 7.80. The quantitative estimate of drug-likeness (QED) is 0.805. The number of aryl methyl sites for hydroxylation is 1. The zero-order valence-corrected chi connectivity index (χ0v) is 11.4. The van der Waals surface area contributed by atoms with E-state index >= 15 is 0 Å². The Balaban J connectivity index is 2.30. The molecule has 0 spiro atoms. The summed E-state index contributed by atoms with van der Waals surface area (Å²) in [6.07, 6.45) is 5.05. The standard InChI is InChI=1S/C14H20N2S/c1-10-5-6-11(13(15)17)12(9-10)16-14(2)7-3-4-8-14/h5-6,9,16H,3-4,7-8H2,1-2H3,(H2,15,17). The predicted molar refractivity (Wildman–Crippen MR) is 77.6 cm³/mol. The number of benzene rings is 1. The van der Waals surface area contributed by atoms with Crippen molar-refractivity contribution < 1.29 is 0 Å². The average Bonchev–Trinajstić information content (AvgIpc) is 2.64. The monoisotopic (exact) mass is 248 g/mol. The van der Waals surface area contributed by atoms with Gasteiger partial charge in [0.05, 0.1) is 0 Å². The summed E-state index contributed by atoms with van der Waals surface area (Å²) in [6, 6.07) is 6.20. The largest absolute Gasteiger partial charge is 0.389 e. The van der Waals surface area contributed by atoms with Gasteiger partial charge < -0.3 is 11.1 Å². The van der Waals surface area contributed by atoms with Crippen molar-refractivity contribution in [2.24, 2.45) is 5.73 Å². The molecule has 0 saturated heterocycles. The van der Waals surface area contributed by atoms with E-state index in [1.165, 1.54) is 31.2 Å². The number of hydrogen-bond donors (Lipinski definition) is 2. The van der Waals surface area contributed by atoms with Gasteiger partial charge in [-0.05, 0) is 44.4 Å². The Bertz CT molecular complexity index is 434. The van der Waals surface area contributed by atoms with Gasteiger partial charge in [0.25, 0.3) is 0 Å². The highest BCUT2D eigenvalue weighted by Crippen LogP contribution is 2.33. The molecule has 1 aliphatic carbocycles. The molecule has 0 aromatic heterocycles. The van der Waals surface area contributed by atoms with Gasteiger partial charge in [-0.3, -0.25) is 0 Å². The second kappa shape index (κ2) is 4.65. The third-order valence-corrected chi connectivity index (χ3v) is 3.80. The van der Waals surface area contributed by atoms with E-state index in [2.05, 4.69) is 31.3 Å². The van der Waals surface area contributed by atoms with E-state index in [-0.39, 0.29) is 5.54 Å². The summed E-state index contributed by atoms with van der Waals surface area (Å²) in [5.74, 6) is 0. The summed E-state index contributed by atoms with van der Waals surface area (Å²) in [4.78, 5) is 0.467. The van der Waals surface area contributed by atoms with Crippen LogP contribution in [0.5, 0.6) is 0 Å². The minimum absolute atomic E-state index is 0.202. The maximum Gasteiger partial charge on any atom is 0.106 e. The molecule has 0 amide bonds. The number of hydrogen-bond acceptors (Lipinski definition) is 2. The van der Waals surface area contributed by atoms with Gasteiger partial charge in [-0.2, -0.15) is 0 Å². The maximum atomic E-state index is 5.77. The Morgan fingerprint density at radius 3 is 2.59 bits per heavy atom. The molecule has 0 atom stereocenters. The van der Waals surface area contributed by atoms with Crippen molar-refractivity contribution in [2.45, 2.75) is 45.1 Å². The topological polar surface area (TPSA) is 38.0 Å². The second-order valence-electron chi connectivity index (χ2n) is 5.31. The zero-order valence-electron chi connectivity index (χ0n) is 10.5. The first-order valence-electron chi connectivity index (χ1n) is 6.19. The van der Waals surface area contributed by atoms with Crippen LogP contribution in [-0.2, 0) is 0 Å². The van der Waals surface area contributed by atoms with E-state index in [1.54, 1.807) is 0 Å². The van der Waals surface area contributed by atoms with Gasteiger partial charge >= 0.3 is 0 Å². The molecular formula is C14H20N2S. The molecule has 2 rings (SSSR count). The molecular weight excluding hydrogens is 228 g/mol. The highest BCUT2D eigenvalue weighted by Gasteiger charge is 2.28. The highest BCUT2D eigenvalue weighted by atomic mass is 32.1. The number of rotatable bonds is 3. The molecule has 2 nitrogen and oxygen atoms in total. The van der Waals surface area contributed by atoms with Crippen LogP contribution in [-0.4, -0.2) is 10.5 Å². The Labute approximate surface area is 109 Å². The Morgan fingerprint density at radius 1 is 1.35 bits per heavy atom. The normalized spacial score (nSPS) is 18.0. The lowest BCUT2D eigenvalue weighted by molar-refractivity contribution is 0.533. The SMILES string of the molecule is Cc1ccc(C(N)=S)c(NC2(C)CCCC2)c1. The summed E-state index contributed by atoms with van der Waals surface area (Å²) in [5.41, 5.74) is 9.25. The lowest BCUT2D eigenvalue weighted by atomic mass is 9.98. The molecule has 1 aromatic carbocycles. The number of nitrogens with one attached hydrogen (secondary N) is 1. The average molecular weight is 248 g/mol. The van der Waals surface area contributed by atoms with Crippen LogP contribution in [0.2, 0.25) is 0 Å². The van der Waals surface area contributed by atoms with Gasteiger partial charge in [0.1, 0.15) is 4.99 Å². The minimum atomic E-state index is 0.202. The van der Waals surface area contributed by atoms with E-state index in [9.17, 15) is 0 Å². The maximum absolute atomic E-state index is 5.77. The van der Waals surface area contributed by atoms with Crippen LogP contribution < -0.4 is 11.1 Å². The third kappa shape index (κ3) is 2.78. The van der Waals surface area contributed by atoms with Crippen LogP contribution >= 0.6 is 12.2 Å². The number of anilines is 1. The summed E-state index contributed by atoms with van der Waals surface area (Å²) < 4.78 is 0. The Morgan fingerprint density at radius 2 is 2.00 bits per heavy atom. The summed E-state index contributed by atoms with van der Waals surface area (Å²) in [7, 11) is 0. The van der Waals surface area contributed by atoms with Crippen molar-refractivity contribution >= 4 is 22.9 Å². The zero-order chi connectivity index (χ0) is 12.5. The van der Waals surface area contributed by atoms with Gasteiger partial charge in [0.15, 0.2) is 0 Å². The Kier molecular flexibility index (Phi) is 3.38. The molecule has 1 saturated carbocycles. The molecule has 0 aliphatic heterocycles. The lowest BCUT2D eigenvalue weighted by Crippen LogP contribution is -2.32. The smallest absolute Gasteiger partial charge is 0.106 e. The van der Waals surface area contributed by atoms with Gasteiger partial charge in [0, 0.05) is 16.8 Å². The van der Waals surface area contributed by atoms with E-state index in [0.29, 0.717) is 4.99 Å². The molecule has 1 aromatic rings. The van der Waals surface area contributed by atoms with Crippen LogP contribution in [0.4, 0.5) is 5.69 Å². The molecule has 3 heteroatoms. The molecule has 1 fully saturated rings. The van der Waals surface area contributed by atoms with Crippen LogP contribution in [0.1, 0.15) is 43.7 Å². The number of nitrogens with two attached hydrogens (primary N) is 1. The molecule has 0 unspecified atom stereocenters. The summed E-state index contributed by atoms with van der Waals surface area (Å²) in [5, 5.41) is 3.64. The first-order chi connectivity index (χ1) is 8.00. The molecule has 3 N–H and O–H groups in total. The molecule has 92 valence electrons. The number of thiocarbonyl (C=S) groups is 1. The van der Waals surface area contributed by atoms with Crippen molar-refractivity contribution in [1.82, 2.24) is 0 Å². The lowest BCUT2D eigenvalue weighted by Gasteiger charge is -2.28. The van der Waals surface area contributed by atoms with Crippen LogP contribution in [0.3, 0.4) is 0 Å². The molecule has 0 bridgehead atoms. The third-order valence-electron chi connectivity index (χ3n) is 3.58. The van der Waals surface area contributed by atoms with Crippen molar-refractivity contribution in [3.8, 4) is 0 Å². The molecule has 17 heavy (non-hydrogen) atoms. The fourth-order valence-electron chi connectivity index (χ4n) is 2.58. The van der Waals surface area contributed by atoms with Crippen molar-refractivity contribution in [1.29, 1.82) is 0 Å². The van der Waals surface area contributed by atoms with E-state index in [0.717, 1.165) is 11.3 Å². The van der Waals surface area contributed by atoms with Crippen molar-refractivity contribution in [2.75, 3.05) is 5.32 Å². The predicted octanol–water partition coefficient (Wildman–Crippen LogP) is 3.37. The van der Waals surface area contributed by atoms with Gasteiger partial charge in [-0.25, -0.2) is 0 Å². The van der Waals surface area contributed by atoms with E-state index in [1.807, 2.05) is 6.07 Å². The molecule has 1 aliphatic rings. The molecule has 0 radical (unpaired) electrons.